The van der Waals surface area contributed by atoms with Crippen LogP contribution in [0.1, 0.15) is 59.8 Å². The van der Waals surface area contributed by atoms with Crippen molar-refractivity contribution in [3.63, 3.8) is 0 Å². The first-order valence-electron chi connectivity index (χ1n) is 8.22. The molecule has 4 atom stereocenters. The highest BCUT2D eigenvalue weighted by atomic mass is 32.2. The molecule has 1 amide bonds. The van der Waals surface area contributed by atoms with Crippen molar-refractivity contribution in [2.75, 3.05) is 12.8 Å². The number of rotatable bonds is 6. The summed E-state index contributed by atoms with van der Waals surface area (Å²) in [7, 11) is -0.755. The van der Waals surface area contributed by atoms with E-state index in [2.05, 4.69) is 10.6 Å². The van der Waals surface area contributed by atoms with Crippen molar-refractivity contribution in [2.45, 2.75) is 82.7 Å². The number of alkyl carbamates (subject to hydrolysis) is 1. The number of ether oxygens (including phenoxy) is 1. The summed E-state index contributed by atoms with van der Waals surface area (Å²) in [6.45, 7) is 8.51. The largest absolute Gasteiger partial charge is 0.444 e. The number of amides is 1. The van der Waals surface area contributed by atoms with Crippen molar-refractivity contribution >= 4 is 16.9 Å². The summed E-state index contributed by atoms with van der Waals surface area (Å²) in [6.07, 6.45) is 6.53. The number of nitrogens with one attached hydrogen (secondary N) is 2. The fourth-order valence-electron chi connectivity index (χ4n) is 2.64. The van der Waals surface area contributed by atoms with E-state index in [0.717, 1.165) is 38.6 Å². The van der Waals surface area contributed by atoms with Crippen LogP contribution >= 0.6 is 0 Å². The van der Waals surface area contributed by atoms with Gasteiger partial charge in [0.2, 0.25) is 0 Å². The zero-order valence-corrected chi connectivity index (χ0v) is 15.4. The Kier molecular flexibility index (Phi) is 7.83. The quantitative estimate of drug-likeness (QED) is 0.784. The first kappa shape index (κ1) is 19.4. The third-order valence-corrected chi connectivity index (χ3v) is 5.31. The molecular formula is C16H32N2O3S. The fourth-order valence-corrected chi connectivity index (χ4v) is 3.09. The van der Waals surface area contributed by atoms with E-state index < -0.39 is 16.4 Å². The number of carbonyl (C=O) groups excluding carboxylic acids is 1. The molecule has 1 aliphatic rings. The lowest BCUT2D eigenvalue weighted by molar-refractivity contribution is 0.0488. The van der Waals surface area contributed by atoms with E-state index in [4.69, 9.17) is 4.74 Å². The van der Waals surface area contributed by atoms with E-state index in [1.54, 1.807) is 6.26 Å². The summed E-state index contributed by atoms with van der Waals surface area (Å²) >= 11 is 0. The molecule has 0 bridgehead atoms. The first-order chi connectivity index (χ1) is 10.2. The molecule has 1 fully saturated rings. The molecule has 130 valence electrons. The minimum absolute atomic E-state index is 0.179. The Hall–Kier alpha value is -0.620. The third kappa shape index (κ3) is 8.13. The molecule has 6 heteroatoms. The highest BCUT2D eigenvalue weighted by Gasteiger charge is 2.25. The Morgan fingerprint density at radius 3 is 2.55 bits per heavy atom. The van der Waals surface area contributed by atoms with Gasteiger partial charge in [-0.3, -0.25) is 4.21 Å². The van der Waals surface area contributed by atoms with Gasteiger partial charge in [-0.1, -0.05) is 6.92 Å². The second kappa shape index (κ2) is 8.87. The van der Waals surface area contributed by atoms with Crippen molar-refractivity contribution in [3.8, 4) is 0 Å². The predicted octanol–water partition coefficient (Wildman–Crippen LogP) is 2.57. The summed E-state index contributed by atoms with van der Waals surface area (Å²) < 4.78 is 16.6. The van der Waals surface area contributed by atoms with Gasteiger partial charge < -0.3 is 15.4 Å². The van der Waals surface area contributed by atoms with Gasteiger partial charge in [0, 0.05) is 34.4 Å². The molecule has 0 aromatic carbocycles. The highest BCUT2D eigenvalue weighted by molar-refractivity contribution is 7.84. The molecule has 5 nitrogen and oxygen atoms in total. The lowest BCUT2D eigenvalue weighted by Gasteiger charge is -2.31. The molecule has 0 aromatic rings. The van der Waals surface area contributed by atoms with E-state index in [0.29, 0.717) is 6.04 Å². The number of hydrogen-bond acceptors (Lipinski definition) is 4. The van der Waals surface area contributed by atoms with Crippen LogP contribution in [-0.2, 0) is 15.5 Å². The first-order valence-corrected chi connectivity index (χ1v) is 9.84. The molecule has 4 unspecified atom stereocenters. The van der Waals surface area contributed by atoms with E-state index in [1.165, 1.54) is 0 Å². The van der Waals surface area contributed by atoms with Crippen molar-refractivity contribution < 1.29 is 13.7 Å². The highest BCUT2D eigenvalue weighted by Crippen LogP contribution is 2.19. The second-order valence-corrected chi connectivity index (χ2v) is 9.06. The molecule has 0 aliphatic heterocycles. The van der Waals surface area contributed by atoms with Crippen LogP contribution in [0.4, 0.5) is 4.79 Å². The maximum absolute atomic E-state index is 11.8. The number of hydrogen-bond donors (Lipinski definition) is 2. The maximum atomic E-state index is 11.8. The normalized spacial score (nSPS) is 25.3. The Bertz CT molecular complexity index is 382. The summed E-state index contributed by atoms with van der Waals surface area (Å²) in [6, 6.07) is 0.602. The average molecular weight is 333 g/mol. The maximum Gasteiger partial charge on any atom is 0.407 e. The van der Waals surface area contributed by atoms with Gasteiger partial charge in [0.1, 0.15) is 5.60 Å². The average Bonchev–Trinajstić information content (AvgIpc) is 2.36. The number of carbonyl (C=O) groups is 1. The van der Waals surface area contributed by atoms with E-state index in [1.807, 2.05) is 27.7 Å². The molecule has 0 heterocycles. The summed E-state index contributed by atoms with van der Waals surface area (Å²) in [4.78, 5) is 11.8. The molecular weight excluding hydrogens is 300 g/mol. The topological polar surface area (TPSA) is 67.4 Å². The standard InChI is InChI=1S/C16H32N2O3S/c1-12(22(5)20)9-10-17-13-7-6-8-14(11-13)18-15(19)21-16(2,3)4/h12-14,17H,6-11H2,1-5H3,(H,18,19). The molecule has 1 rings (SSSR count). The van der Waals surface area contributed by atoms with Crippen LogP contribution in [0.25, 0.3) is 0 Å². The monoisotopic (exact) mass is 332 g/mol. The van der Waals surface area contributed by atoms with Crippen LogP contribution in [0, 0.1) is 0 Å². The summed E-state index contributed by atoms with van der Waals surface area (Å²) in [5.74, 6) is 0. The van der Waals surface area contributed by atoms with Crippen molar-refractivity contribution in [3.05, 3.63) is 0 Å². The van der Waals surface area contributed by atoms with Gasteiger partial charge in [-0.2, -0.15) is 0 Å². The molecule has 0 saturated heterocycles. The molecule has 1 saturated carbocycles. The van der Waals surface area contributed by atoms with Crippen molar-refractivity contribution in [1.29, 1.82) is 0 Å². The van der Waals surface area contributed by atoms with Gasteiger partial charge in [-0.05, 0) is 59.4 Å². The minimum Gasteiger partial charge on any atom is -0.444 e. The Morgan fingerprint density at radius 2 is 1.95 bits per heavy atom. The van der Waals surface area contributed by atoms with E-state index in [9.17, 15) is 9.00 Å². The molecule has 0 aromatic heterocycles. The summed E-state index contributed by atoms with van der Waals surface area (Å²) in [5.41, 5.74) is -0.456. The van der Waals surface area contributed by atoms with Gasteiger partial charge in [0.25, 0.3) is 0 Å². The second-order valence-electron chi connectivity index (χ2n) is 7.26. The molecule has 0 spiro atoms. The lowest BCUT2D eigenvalue weighted by Crippen LogP contribution is -2.46. The summed E-state index contributed by atoms with van der Waals surface area (Å²) in [5, 5.41) is 6.73. The van der Waals surface area contributed by atoms with E-state index in [-0.39, 0.29) is 17.4 Å². The zero-order chi connectivity index (χ0) is 16.8. The fraction of sp³-hybridized carbons (Fsp3) is 0.938. The Labute approximate surface area is 137 Å². The minimum atomic E-state index is -0.755. The van der Waals surface area contributed by atoms with Crippen LogP contribution in [0.3, 0.4) is 0 Å². The van der Waals surface area contributed by atoms with E-state index >= 15 is 0 Å². The smallest absolute Gasteiger partial charge is 0.407 e. The molecule has 2 N–H and O–H groups in total. The van der Waals surface area contributed by atoms with Crippen molar-refractivity contribution in [1.82, 2.24) is 10.6 Å². The molecule has 1 aliphatic carbocycles. The van der Waals surface area contributed by atoms with Crippen LogP contribution in [0.15, 0.2) is 0 Å². The molecule has 0 radical (unpaired) electrons. The van der Waals surface area contributed by atoms with Crippen LogP contribution in [-0.4, -0.2) is 46.0 Å². The van der Waals surface area contributed by atoms with Gasteiger partial charge in [0.15, 0.2) is 0 Å². The Balaban J connectivity index is 2.29. The van der Waals surface area contributed by atoms with Crippen molar-refractivity contribution in [2.24, 2.45) is 0 Å². The van der Waals surface area contributed by atoms with Gasteiger partial charge in [0.05, 0.1) is 0 Å². The van der Waals surface area contributed by atoms with Crippen LogP contribution in [0.2, 0.25) is 0 Å². The Morgan fingerprint density at radius 1 is 1.32 bits per heavy atom. The zero-order valence-electron chi connectivity index (χ0n) is 14.6. The lowest BCUT2D eigenvalue weighted by atomic mass is 9.91. The van der Waals surface area contributed by atoms with Gasteiger partial charge in [-0.15, -0.1) is 0 Å². The van der Waals surface area contributed by atoms with Crippen LogP contribution in [0.5, 0.6) is 0 Å². The van der Waals surface area contributed by atoms with Crippen LogP contribution < -0.4 is 10.6 Å². The molecule has 22 heavy (non-hydrogen) atoms. The van der Waals surface area contributed by atoms with Gasteiger partial charge >= 0.3 is 6.09 Å². The SMILES string of the molecule is CC(CCNC1CCCC(NC(=O)OC(C)(C)C)C1)S(C)=O. The predicted molar refractivity (Wildman–Crippen MR) is 91.6 cm³/mol. The van der Waals surface area contributed by atoms with Gasteiger partial charge in [-0.25, -0.2) is 4.79 Å². The third-order valence-electron chi connectivity index (χ3n) is 3.95.